The minimum Gasteiger partial charge on any atom is -0.481 e. The second kappa shape index (κ2) is 3.18. The van der Waals surface area contributed by atoms with E-state index < -0.39 is 5.97 Å². The fourth-order valence-electron chi connectivity index (χ4n) is 0.287. The largest absolute Gasteiger partial charge is 0.481 e. The first kappa shape index (κ1) is 7.14. The molecule has 0 spiro atoms. The molecule has 0 aliphatic heterocycles. The summed E-state index contributed by atoms with van der Waals surface area (Å²) in [6.07, 6.45) is 0.167. The van der Waals surface area contributed by atoms with E-state index in [2.05, 4.69) is 6.72 Å². The first-order chi connectivity index (χ1) is 3.63. The normalized spacial score (nSPS) is 8.62. The lowest BCUT2D eigenvalue weighted by Crippen LogP contribution is -2.09. The minimum atomic E-state index is -0.777. The number of carboxylic acid groups (broad SMARTS) is 1. The summed E-state index contributed by atoms with van der Waals surface area (Å²) >= 11 is 0. The molecule has 0 fully saturated rings. The Morgan fingerprint density at radius 3 is 2.50 bits per heavy atom. The van der Waals surface area contributed by atoms with Gasteiger partial charge in [0.05, 0.1) is 0 Å². The van der Waals surface area contributed by atoms with E-state index in [0.717, 1.165) is 0 Å². The maximum atomic E-state index is 9.85. The van der Waals surface area contributed by atoms with Gasteiger partial charge in [-0.25, -0.2) is 4.58 Å². The van der Waals surface area contributed by atoms with Crippen LogP contribution in [0, 0.1) is 0 Å². The van der Waals surface area contributed by atoms with Gasteiger partial charge in [0, 0.05) is 0 Å². The maximum Gasteiger partial charge on any atom is 0.309 e. The fraction of sp³-hybridized carbons (Fsp3) is 0.600. The summed E-state index contributed by atoms with van der Waals surface area (Å²) in [4.78, 5) is 9.85. The predicted octanol–water partition coefficient (Wildman–Crippen LogP) is -0.196. The average Bonchev–Trinajstić information content (AvgIpc) is 1.61. The van der Waals surface area contributed by atoms with Crippen molar-refractivity contribution < 1.29 is 14.5 Å². The highest BCUT2D eigenvalue weighted by Crippen LogP contribution is 1.76. The van der Waals surface area contributed by atoms with Crippen molar-refractivity contribution in [3.05, 3.63) is 0 Å². The second-order valence-corrected chi connectivity index (χ2v) is 1.72. The number of carbonyl (C=O) groups is 1. The zero-order valence-electron chi connectivity index (χ0n) is 4.92. The van der Waals surface area contributed by atoms with Crippen LogP contribution in [0.4, 0.5) is 0 Å². The number of hydrogen-bond acceptors (Lipinski definition) is 1. The summed E-state index contributed by atoms with van der Waals surface area (Å²) in [5.41, 5.74) is 0. The average molecular weight is 116 g/mol. The van der Waals surface area contributed by atoms with E-state index in [4.69, 9.17) is 5.11 Å². The number of rotatable bonds is 3. The van der Waals surface area contributed by atoms with Gasteiger partial charge in [-0.2, -0.15) is 0 Å². The molecule has 0 amide bonds. The summed E-state index contributed by atoms with van der Waals surface area (Å²) in [6, 6.07) is 0. The lowest BCUT2D eigenvalue weighted by molar-refractivity contribution is -0.487. The van der Waals surface area contributed by atoms with Gasteiger partial charge in [0.2, 0.25) is 0 Å². The molecule has 0 aromatic rings. The van der Waals surface area contributed by atoms with Gasteiger partial charge in [0.25, 0.3) is 0 Å². The summed E-state index contributed by atoms with van der Waals surface area (Å²) in [7, 11) is 1.74. The maximum absolute atomic E-state index is 9.85. The summed E-state index contributed by atoms with van der Waals surface area (Å²) in [5, 5.41) is 8.11. The van der Waals surface area contributed by atoms with Gasteiger partial charge < -0.3 is 5.11 Å². The summed E-state index contributed by atoms with van der Waals surface area (Å²) in [6.45, 7) is 3.99. The third kappa shape index (κ3) is 5.14. The van der Waals surface area contributed by atoms with Crippen LogP contribution in [0.25, 0.3) is 0 Å². The highest BCUT2D eigenvalue weighted by atomic mass is 16.4. The molecule has 46 valence electrons. The molecule has 0 radical (unpaired) electrons. The Labute approximate surface area is 48.3 Å². The molecule has 3 heteroatoms. The Kier molecular flexibility index (Phi) is 2.84. The molecular formula is C5H10NO2+. The molecule has 0 rings (SSSR count). The second-order valence-electron chi connectivity index (χ2n) is 1.72. The molecule has 0 bridgehead atoms. The Morgan fingerprint density at radius 1 is 1.88 bits per heavy atom. The van der Waals surface area contributed by atoms with Crippen LogP contribution in [0.1, 0.15) is 6.42 Å². The van der Waals surface area contributed by atoms with Gasteiger partial charge in [-0.3, -0.25) is 4.79 Å². The van der Waals surface area contributed by atoms with E-state index in [0.29, 0.717) is 6.54 Å². The Bertz CT molecular complexity index is 95.0. The van der Waals surface area contributed by atoms with Crippen LogP contribution in [0.5, 0.6) is 0 Å². The van der Waals surface area contributed by atoms with Crippen molar-refractivity contribution in [2.24, 2.45) is 0 Å². The van der Waals surface area contributed by atoms with Crippen LogP contribution in [0.2, 0.25) is 0 Å². The summed E-state index contributed by atoms with van der Waals surface area (Å²) < 4.78 is 1.59. The summed E-state index contributed by atoms with van der Waals surface area (Å²) in [5.74, 6) is -0.777. The van der Waals surface area contributed by atoms with E-state index >= 15 is 0 Å². The lowest BCUT2D eigenvalue weighted by atomic mass is 10.4. The molecule has 0 atom stereocenters. The molecule has 0 heterocycles. The van der Waals surface area contributed by atoms with Gasteiger partial charge in [0.15, 0.2) is 6.54 Å². The Hall–Kier alpha value is -0.860. The van der Waals surface area contributed by atoms with Crippen LogP contribution in [0.3, 0.4) is 0 Å². The number of aliphatic carboxylic acids is 1. The highest BCUT2D eigenvalue weighted by Gasteiger charge is 1.98. The topological polar surface area (TPSA) is 40.3 Å². The smallest absolute Gasteiger partial charge is 0.309 e. The van der Waals surface area contributed by atoms with Gasteiger partial charge >= 0.3 is 5.97 Å². The molecule has 8 heavy (non-hydrogen) atoms. The molecule has 0 saturated heterocycles. The highest BCUT2D eigenvalue weighted by molar-refractivity contribution is 5.66. The van der Waals surface area contributed by atoms with Crippen LogP contribution < -0.4 is 0 Å². The number of carboxylic acids is 1. The molecule has 0 saturated carbocycles. The standard InChI is InChI=1S/C5H9NO2/c1-6(2)4-3-5(7)8/h1,3-4H2,2H3/p+1. The van der Waals surface area contributed by atoms with Crippen LogP contribution in [0.15, 0.2) is 0 Å². The van der Waals surface area contributed by atoms with Crippen molar-refractivity contribution in [1.29, 1.82) is 0 Å². The zero-order chi connectivity index (χ0) is 6.57. The first-order valence-electron chi connectivity index (χ1n) is 2.36. The molecule has 0 aliphatic rings. The van der Waals surface area contributed by atoms with E-state index in [1.165, 1.54) is 0 Å². The Balaban J connectivity index is 3.18. The molecular weight excluding hydrogens is 106 g/mol. The van der Waals surface area contributed by atoms with Crippen LogP contribution in [-0.4, -0.2) is 36.0 Å². The predicted molar refractivity (Wildman–Crippen MR) is 30.4 cm³/mol. The van der Waals surface area contributed by atoms with Crippen LogP contribution >= 0.6 is 0 Å². The van der Waals surface area contributed by atoms with Crippen molar-refractivity contribution in [1.82, 2.24) is 0 Å². The number of hydrogen-bond donors (Lipinski definition) is 1. The van der Waals surface area contributed by atoms with E-state index in [1.54, 1.807) is 11.6 Å². The fourth-order valence-corrected chi connectivity index (χ4v) is 0.287. The third-order valence-corrected chi connectivity index (χ3v) is 0.707. The quantitative estimate of drug-likeness (QED) is 0.410. The number of nitrogens with zero attached hydrogens (tertiary/aromatic N) is 1. The zero-order valence-corrected chi connectivity index (χ0v) is 4.92. The molecule has 0 aliphatic carbocycles. The van der Waals surface area contributed by atoms with E-state index in [1.807, 2.05) is 0 Å². The van der Waals surface area contributed by atoms with Crippen molar-refractivity contribution in [3.63, 3.8) is 0 Å². The van der Waals surface area contributed by atoms with Crippen molar-refractivity contribution in [2.45, 2.75) is 6.42 Å². The van der Waals surface area contributed by atoms with Crippen molar-refractivity contribution >= 4 is 12.7 Å². The van der Waals surface area contributed by atoms with Crippen molar-refractivity contribution in [2.75, 3.05) is 13.6 Å². The van der Waals surface area contributed by atoms with Gasteiger partial charge in [-0.1, -0.05) is 0 Å². The molecule has 0 unspecified atom stereocenters. The van der Waals surface area contributed by atoms with E-state index in [-0.39, 0.29) is 6.42 Å². The van der Waals surface area contributed by atoms with Crippen LogP contribution in [-0.2, 0) is 4.79 Å². The monoisotopic (exact) mass is 116 g/mol. The van der Waals surface area contributed by atoms with Gasteiger partial charge in [-0.15, -0.1) is 0 Å². The lowest BCUT2D eigenvalue weighted by Gasteiger charge is -1.87. The molecule has 1 N–H and O–H groups in total. The minimum absolute atomic E-state index is 0.167. The molecule has 0 aromatic carbocycles. The van der Waals surface area contributed by atoms with Gasteiger partial charge in [0.1, 0.15) is 20.2 Å². The van der Waals surface area contributed by atoms with E-state index in [9.17, 15) is 4.79 Å². The third-order valence-electron chi connectivity index (χ3n) is 0.707. The van der Waals surface area contributed by atoms with Gasteiger partial charge in [-0.05, 0) is 0 Å². The Morgan fingerprint density at radius 2 is 2.38 bits per heavy atom. The first-order valence-corrected chi connectivity index (χ1v) is 2.36. The SMILES string of the molecule is C=[N+](C)CCC(=O)O. The molecule has 3 nitrogen and oxygen atoms in total. The van der Waals surface area contributed by atoms with Crippen molar-refractivity contribution in [3.8, 4) is 0 Å². The molecule has 0 aromatic heterocycles.